The van der Waals surface area contributed by atoms with Crippen molar-refractivity contribution >= 4 is 30.3 Å². The number of carbonyl (C=O) groups is 1. The van der Waals surface area contributed by atoms with E-state index in [0.717, 1.165) is 59.5 Å². The number of amides is 1. The molecule has 3 aromatic heterocycles. The van der Waals surface area contributed by atoms with Gasteiger partial charge in [0.25, 0.3) is 12.0 Å². The number of benzene rings is 1. The van der Waals surface area contributed by atoms with E-state index in [1.165, 1.54) is 16.5 Å². The van der Waals surface area contributed by atoms with Crippen molar-refractivity contribution in [2.75, 3.05) is 19.6 Å². The van der Waals surface area contributed by atoms with Crippen LogP contribution in [0.2, 0.25) is 0 Å². The molecule has 1 fully saturated rings. The van der Waals surface area contributed by atoms with E-state index in [1.807, 2.05) is 13.1 Å². The van der Waals surface area contributed by atoms with Crippen LogP contribution in [-0.4, -0.2) is 55.5 Å². The van der Waals surface area contributed by atoms with Crippen molar-refractivity contribution in [1.29, 1.82) is 0 Å². The number of hydrogen-bond donors (Lipinski definition) is 3. The van der Waals surface area contributed by atoms with E-state index in [4.69, 9.17) is 14.8 Å². The molecule has 0 spiro atoms. The summed E-state index contributed by atoms with van der Waals surface area (Å²) in [6.45, 7) is 15.5. The second kappa shape index (κ2) is 11.8. The lowest BCUT2D eigenvalue weighted by Gasteiger charge is -2.31. The molecule has 4 aromatic rings. The molecule has 43 heavy (non-hydrogen) atoms. The number of nitrogens with one attached hydrogen (secondary N) is 1. The Hall–Kier alpha value is -3.08. The van der Waals surface area contributed by atoms with Gasteiger partial charge in [-0.3, -0.25) is 18.7 Å². The summed E-state index contributed by atoms with van der Waals surface area (Å²) in [5.74, 6) is 0.436. The number of phosphoric ester groups is 1. The lowest BCUT2D eigenvalue weighted by atomic mass is 9.87. The Balaban J connectivity index is 1.48. The van der Waals surface area contributed by atoms with Crippen molar-refractivity contribution in [3.63, 3.8) is 0 Å². The predicted molar refractivity (Wildman–Crippen MR) is 166 cm³/mol. The van der Waals surface area contributed by atoms with Crippen LogP contribution in [-0.2, 0) is 25.1 Å². The van der Waals surface area contributed by atoms with Crippen LogP contribution in [0.5, 0.6) is 0 Å². The van der Waals surface area contributed by atoms with Gasteiger partial charge in [0, 0.05) is 27.1 Å². The molecule has 1 aliphatic rings. The SMILES string of the molecule is Cc1c(-c2[nH]c3ccc(C4CCN(CC(N)=O)CC4)cc3c2C(C)C)cn2nc[n+](COP(=O)(O)OC(C)(C)C)c2c1C. The molecule has 1 unspecified atom stereocenters. The minimum atomic E-state index is -4.26. The molecule has 5 rings (SSSR count). The smallest absolute Gasteiger partial charge is 0.369 e. The second-order valence-corrected chi connectivity index (χ2v) is 14.4. The minimum absolute atomic E-state index is 0.180. The highest BCUT2D eigenvalue weighted by molar-refractivity contribution is 7.47. The van der Waals surface area contributed by atoms with Crippen LogP contribution in [0.25, 0.3) is 27.8 Å². The quantitative estimate of drug-likeness (QED) is 0.178. The molecule has 0 aliphatic carbocycles. The number of aromatic amines is 1. The predicted octanol–water partition coefficient (Wildman–Crippen LogP) is 5.06. The summed E-state index contributed by atoms with van der Waals surface area (Å²) < 4.78 is 26.5. The van der Waals surface area contributed by atoms with E-state index in [9.17, 15) is 14.3 Å². The molecule has 12 heteroatoms. The number of nitrogens with zero attached hydrogens (tertiary/aromatic N) is 4. The van der Waals surface area contributed by atoms with Crippen molar-refractivity contribution in [3.05, 3.63) is 53.0 Å². The fraction of sp³-hybridized carbons (Fsp3) is 0.516. The highest BCUT2D eigenvalue weighted by Gasteiger charge is 2.31. The number of aromatic nitrogens is 4. The molecular weight excluding hydrogens is 567 g/mol. The fourth-order valence-corrected chi connectivity index (χ4v) is 7.24. The van der Waals surface area contributed by atoms with Gasteiger partial charge in [0.1, 0.15) is 6.20 Å². The zero-order valence-corrected chi connectivity index (χ0v) is 27.1. The maximum Gasteiger partial charge on any atom is 0.475 e. The summed E-state index contributed by atoms with van der Waals surface area (Å²) in [7, 11) is -4.26. The van der Waals surface area contributed by atoms with Crippen molar-refractivity contribution in [3.8, 4) is 11.3 Å². The number of likely N-dealkylation sites (tertiary alicyclic amines) is 1. The third kappa shape index (κ3) is 6.71. The minimum Gasteiger partial charge on any atom is -0.369 e. The molecule has 1 aliphatic heterocycles. The van der Waals surface area contributed by atoms with Gasteiger partial charge in [-0.25, -0.2) is 9.13 Å². The molecule has 0 radical (unpaired) electrons. The van der Waals surface area contributed by atoms with Crippen LogP contribution < -0.4 is 10.3 Å². The van der Waals surface area contributed by atoms with Gasteiger partial charge in [0.15, 0.2) is 6.73 Å². The highest BCUT2D eigenvalue weighted by Crippen LogP contribution is 2.47. The van der Waals surface area contributed by atoms with E-state index in [0.29, 0.717) is 12.5 Å². The molecule has 0 saturated carbocycles. The molecular formula is C31H44N6O5P+. The molecule has 232 valence electrons. The average Bonchev–Trinajstić information content (AvgIpc) is 3.49. The molecule has 1 aromatic carbocycles. The number of phosphoric acid groups is 1. The van der Waals surface area contributed by atoms with Gasteiger partial charge in [-0.1, -0.05) is 24.4 Å². The average molecular weight is 612 g/mol. The zero-order chi connectivity index (χ0) is 31.3. The van der Waals surface area contributed by atoms with Crippen molar-refractivity contribution in [2.45, 2.75) is 85.5 Å². The van der Waals surface area contributed by atoms with Gasteiger partial charge >= 0.3 is 7.82 Å². The van der Waals surface area contributed by atoms with Crippen LogP contribution in [0.1, 0.15) is 81.5 Å². The Bertz CT molecular complexity index is 1710. The number of piperidine rings is 1. The first-order valence-electron chi connectivity index (χ1n) is 14.8. The second-order valence-electron chi connectivity index (χ2n) is 13.0. The Labute approximate surface area is 252 Å². The monoisotopic (exact) mass is 611 g/mol. The summed E-state index contributed by atoms with van der Waals surface area (Å²) in [4.78, 5) is 27.4. The number of nitrogens with two attached hydrogens (primary N) is 1. The molecule has 4 heterocycles. The van der Waals surface area contributed by atoms with Crippen LogP contribution in [0.3, 0.4) is 0 Å². The summed E-state index contributed by atoms with van der Waals surface area (Å²) >= 11 is 0. The lowest BCUT2D eigenvalue weighted by molar-refractivity contribution is -0.702. The number of H-pyrrole nitrogens is 1. The van der Waals surface area contributed by atoms with Crippen LogP contribution >= 0.6 is 7.82 Å². The third-order valence-corrected chi connectivity index (χ3v) is 9.48. The van der Waals surface area contributed by atoms with E-state index in [1.54, 1.807) is 36.2 Å². The Kier molecular flexibility index (Phi) is 8.59. The fourth-order valence-electron chi connectivity index (χ4n) is 6.22. The maximum absolute atomic E-state index is 12.5. The van der Waals surface area contributed by atoms with E-state index in [2.05, 4.69) is 54.0 Å². The van der Waals surface area contributed by atoms with Crippen LogP contribution in [0, 0.1) is 13.8 Å². The van der Waals surface area contributed by atoms with Gasteiger partial charge < -0.3 is 15.6 Å². The van der Waals surface area contributed by atoms with Gasteiger partial charge in [-0.15, -0.1) is 0 Å². The number of aryl methyl sites for hydroxylation is 1. The van der Waals surface area contributed by atoms with Crippen molar-refractivity contribution in [2.24, 2.45) is 5.73 Å². The first-order chi connectivity index (χ1) is 20.1. The van der Waals surface area contributed by atoms with Crippen LogP contribution in [0.4, 0.5) is 0 Å². The third-order valence-electron chi connectivity index (χ3n) is 8.25. The zero-order valence-electron chi connectivity index (χ0n) is 26.2. The number of pyridine rings is 1. The maximum atomic E-state index is 12.5. The molecule has 4 N–H and O–H groups in total. The molecule has 0 bridgehead atoms. The Morgan fingerprint density at radius 3 is 2.56 bits per heavy atom. The van der Waals surface area contributed by atoms with Gasteiger partial charge in [0.05, 0.1) is 17.8 Å². The molecule has 1 atom stereocenters. The number of hydrogen-bond acceptors (Lipinski definition) is 6. The molecule has 1 amide bonds. The van der Waals surface area contributed by atoms with Gasteiger partial charge in [0.2, 0.25) is 5.91 Å². The number of carbonyl (C=O) groups excluding carboxylic acids is 1. The number of primary amides is 1. The number of fused-ring (bicyclic) bond motifs is 2. The standard InChI is InChI=1S/C31H43N6O5P/c1-19(2)28-24-14-23(22-10-12-35(13-11-22)16-27(32)38)8-9-26(24)34-29(28)25-15-37-30(21(4)20(25)3)36(17-33-37)18-41-43(39,40)42-31(5,6)7/h8-9,14-15,17,19,22,34H,10-13,16,18H2,1-7H3,(H2-,32,38,39,40)/p+1. The Morgan fingerprint density at radius 2 is 1.93 bits per heavy atom. The summed E-state index contributed by atoms with van der Waals surface area (Å²) in [6, 6.07) is 6.75. The first-order valence-corrected chi connectivity index (χ1v) is 16.3. The van der Waals surface area contributed by atoms with Crippen LogP contribution in [0.15, 0.2) is 30.7 Å². The first kappa shape index (κ1) is 31.3. The van der Waals surface area contributed by atoms with E-state index < -0.39 is 13.4 Å². The summed E-state index contributed by atoms with van der Waals surface area (Å²) in [5.41, 5.74) is 13.2. The lowest BCUT2D eigenvalue weighted by Crippen LogP contribution is -2.39. The Morgan fingerprint density at radius 1 is 1.23 bits per heavy atom. The highest BCUT2D eigenvalue weighted by atomic mass is 31.2. The summed E-state index contributed by atoms with van der Waals surface area (Å²) in [5, 5.41) is 5.77. The van der Waals surface area contributed by atoms with Gasteiger partial charge in [-0.2, -0.15) is 0 Å². The topological polar surface area (TPSA) is 139 Å². The molecule has 11 nitrogen and oxygen atoms in total. The summed E-state index contributed by atoms with van der Waals surface area (Å²) in [6.07, 6.45) is 5.60. The van der Waals surface area contributed by atoms with E-state index >= 15 is 0 Å². The normalized spacial score (nSPS) is 16.9. The van der Waals surface area contributed by atoms with Gasteiger partial charge in [-0.05, 0) is 101 Å². The van der Waals surface area contributed by atoms with E-state index in [-0.39, 0.29) is 18.6 Å². The molecule has 1 saturated heterocycles. The largest absolute Gasteiger partial charge is 0.475 e. The van der Waals surface area contributed by atoms with Crippen molar-refractivity contribution < 1.29 is 27.9 Å². The number of rotatable bonds is 9. The van der Waals surface area contributed by atoms with Crippen molar-refractivity contribution in [1.82, 2.24) is 19.5 Å².